The van der Waals surface area contributed by atoms with Gasteiger partial charge in [0.25, 0.3) is 0 Å². The minimum atomic E-state index is 0.699. The molecular weight excluding hydrogens is 350 g/mol. The van der Waals surface area contributed by atoms with Gasteiger partial charge in [-0.3, -0.25) is 0 Å². The number of nitrogens with zero attached hydrogens (tertiary/aromatic N) is 1. The number of rotatable bonds is 3. The Labute approximate surface area is 135 Å². The SMILES string of the molecule is COc1cc(Br)cc(Nc2cc3nc(C)sc3cc2N)c1. The van der Waals surface area contributed by atoms with Crippen molar-refractivity contribution in [3.05, 3.63) is 39.8 Å². The highest BCUT2D eigenvalue weighted by molar-refractivity contribution is 9.10. The second kappa shape index (κ2) is 5.54. The third-order valence-electron chi connectivity index (χ3n) is 3.05. The lowest BCUT2D eigenvalue weighted by Gasteiger charge is -2.11. The molecule has 3 aromatic rings. The Morgan fingerprint density at radius 3 is 2.81 bits per heavy atom. The highest BCUT2D eigenvalue weighted by atomic mass is 79.9. The Kier molecular flexibility index (Phi) is 3.73. The topological polar surface area (TPSA) is 60.2 Å². The van der Waals surface area contributed by atoms with Crippen LogP contribution in [0.5, 0.6) is 5.75 Å². The predicted octanol–water partition coefficient (Wildman–Crippen LogP) is 4.70. The second-order valence-corrected chi connectivity index (χ2v) is 6.80. The number of methoxy groups -OCH3 is 1. The average Bonchev–Trinajstić information content (AvgIpc) is 2.77. The van der Waals surface area contributed by atoms with E-state index in [1.807, 2.05) is 37.3 Å². The van der Waals surface area contributed by atoms with Gasteiger partial charge < -0.3 is 15.8 Å². The van der Waals surface area contributed by atoms with E-state index in [9.17, 15) is 0 Å². The lowest BCUT2D eigenvalue weighted by atomic mass is 10.2. The van der Waals surface area contributed by atoms with E-state index in [4.69, 9.17) is 10.5 Å². The quantitative estimate of drug-likeness (QED) is 0.662. The minimum absolute atomic E-state index is 0.699. The first-order valence-corrected chi connectivity index (χ1v) is 7.94. The van der Waals surface area contributed by atoms with Crippen LogP contribution < -0.4 is 15.8 Å². The van der Waals surface area contributed by atoms with Crippen molar-refractivity contribution in [1.29, 1.82) is 0 Å². The Morgan fingerprint density at radius 1 is 1.24 bits per heavy atom. The van der Waals surface area contributed by atoms with Crippen molar-refractivity contribution >= 4 is 54.5 Å². The summed E-state index contributed by atoms with van der Waals surface area (Å²) in [5.41, 5.74) is 9.52. The van der Waals surface area contributed by atoms with Crippen LogP contribution in [0.2, 0.25) is 0 Å². The number of thiazole rings is 1. The van der Waals surface area contributed by atoms with Crippen molar-refractivity contribution in [2.75, 3.05) is 18.2 Å². The zero-order valence-corrected chi connectivity index (χ0v) is 14.0. The summed E-state index contributed by atoms with van der Waals surface area (Å²) in [7, 11) is 1.64. The van der Waals surface area contributed by atoms with Crippen molar-refractivity contribution in [2.45, 2.75) is 6.92 Å². The van der Waals surface area contributed by atoms with Gasteiger partial charge in [-0.25, -0.2) is 4.98 Å². The summed E-state index contributed by atoms with van der Waals surface area (Å²) in [6.07, 6.45) is 0. The molecule has 4 nitrogen and oxygen atoms in total. The van der Waals surface area contributed by atoms with E-state index in [2.05, 4.69) is 26.2 Å². The largest absolute Gasteiger partial charge is 0.497 e. The van der Waals surface area contributed by atoms with Crippen LogP contribution in [0.4, 0.5) is 17.1 Å². The molecule has 6 heteroatoms. The van der Waals surface area contributed by atoms with E-state index >= 15 is 0 Å². The molecule has 0 fully saturated rings. The standard InChI is InChI=1S/C15H14BrN3OS/c1-8-18-14-7-13(12(17)6-15(14)21-8)19-10-3-9(16)4-11(5-10)20-2/h3-7,19H,17H2,1-2H3. The molecule has 0 atom stereocenters. The van der Waals surface area contributed by atoms with E-state index in [0.29, 0.717) is 5.69 Å². The number of ether oxygens (including phenoxy) is 1. The maximum Gasteiger partial charge on any atom is 0.122 e. The van der Waals surface area contributed by atoms with E-state index in [-0.39, 0.29) is 0 Å². The number of nitrogen functional groups attached to an aromatic ring is 1. The van der Waals surface area contributed by atoms with Crippen LogP contribution in [-0.4, -0.2) is 12.1 Å². The zero-order chi connectivity index (χ0) is 15.0. The molecule has 0 aliphatic carbocycles. The summed E-state index contributed by atoms with van der Waals surface area (Å²) in [5, 5.41) is 4.35. The molecule has 0 aliphatic heterocycles. The molecule has 0 saturated carbocycles. The van der Waals surface area contributed by atoms with Crippen LogP contribution in [0, 0.1) is 6.92 Å². The fourth-order valence-electron chi connectivity index (χ4n) is 2.12. The molecule has 2 aromatic carbocycles. The molecule has 3 rings (SSSR count). The van der Waals surface area contributed by atoms with Gasteiger partial charge in [-0.05, 0) is 31.2 Å². The van der Waals surface area contributed by atoms with Crippen LogP contribution in [0.25, 0.3) is 10.2 Å². The van der Waals surface area contributed by atoms with Crippen molar-refractivity contribution in [3.63, 3.8) is 0 Å². The number of hydrogen-bond acceptors (Lipinski definition) is 5. The third kappa shape index (κ3) is 2.96. The number of hydrogen-bond donors (Lipinski definition) is 2. The maximum atomic E-state index is 6.13. The lowest BCUT2D eigenvalue weighted by Crippen LogP contribution is -1.97. The summed E-state index contributed by atoms with van der Waals surface area (Å²) in [6, 6.07) is 9.72. The Bertz CT molecular complexity index is 816. The number of nitrogens with two attached hydrogens (primary N) is 1. The first-order chi connectivity index (χ1) is 10.0. The highest BCUT2D eigenvalue weighted by Crippen LogP contribution is 2.33. The summed E-state index contributed by atoms with van der Waals surface area (Å²) in [5.74, 6) is 0.774. The van der Waals surface area contributed by atoms with E-state index < -0.39 is 0 Å². The summed E-state index contributed by atoms with van der Waals surface area (Å²) >= 11 is 5.11. The van der Waals surface area contributed by atoms with Gasteiger partial charge in [-0.15, -0.1) is 11.3 Å². The monoisotopic (exact) mass is 363 g/mol. The van der Waals surface area contributed by atoms with Gasteiger partial charge in [0, 0.05) is 16.2 Å². The molecule has 0 bridgehead atoms. The smallest absolute Gasteiger partial charge is 0.122 e. The highest BCUT2D eigenvalue weighted by Gasteiger charge is 2.08. The van der Waals surface area contributed by atoms with Gasteiger partial charge in [-0.1, -0.05) is 15.9 Å². The summed E-state index contributed by atoms with van der Waals surface area (Å²) < 4.78 is 7.30. The van der Waals surface area contributed by atoms with Gasteiger partial charge in [0.15, 0.2) is 0 Å². The van der Waals surface area contributed by atoms with Crippen LogP contribution in [-0.2, 0) is 0 Å². The van der Waals surface area contributed by atoms with Gasteiger partial charge >= 0.3 is 0 Å². The van der Waals surface area contributed by atoms with Gasteiger partial charge in [0.2, 0.25) is 0 Å². The van der Waals surface area contributed by atoms with Crippen LogP contribution >= 0.6 is 27.3 Å². The Balaban J connectivity index is 2.00. The number of nitrogens with one attached hydrogen (secondary N) is 1. The Hall–Kier alpha value is -1.79. The first-order valence-electron chi connectivity index (χ1n) is 6.33. The number of benzene rings is 2. The van der Waals surface area contributed by atoms with E-state index in [0.717, 1.165) is 36.8 Å². The van der Waals surface area contributed by atoms with Crippen molar-refractivity contribution < 1.29 is 4.74 Å². The van der Waals surface area contributed by atoms with E-state index in [1.165, 1.54) is 0 Å². The molecule has 0 amide bonds. The van der Waals surface area contributed by atoms with Crippen LogP contribution in [0.3, 0.4) is 0 Å². The molecule has 3 N–H and O–H groups in total. The maximum absolute atomic E-state index is 6.13. The zero-order valence-electron chi connectivity index (χ0n) is 11.6. The van der Waals surface area contributed by atoms with Crippen molar-refractivity contribution in [1.82, 2.24) is 4.98 Å². The normalized spacial score (nSPS) is 10.8. The predicted molar refractivity (Wildman–Crippen MR) is 92.7 cm³/mol. The first kappa shape index (κ1) is 14.2. The average molecular weight is 364 g/mol. The van der Waals surface area contributed by atoms with Crippen LogP contribution in [0.1, 0.15) is 5.01 Å². The lowest BCUT2D eigenvalue weighted by molar-refractivity contribution is 0.415. The molecule has 0 aliphatic rings. The summed E-state index contributed by atoms with van der Waals surface area (Å²) in [4.78, 5) is 4.50. The minimum Gasteiger partial charge on any atom is -0.497 e. The van der Waals surface area contributed by atoms with Gasteiger partial charge in [-0.2, -0.15) is 0 Å². The fourth-order valence-corrected chi connectivity index (χ4v) is 3.45. The molecule has 1 aromatic heterocycles. The molecule has 0 saturated heterocycles. The number of anilines is 3. The van der Waals surface area contributed by atoms with E-state index in [1.54, 1.807) is 18.4 Å². The number of aryl methyl sites for hydroxylation is 1. The summed E-state index contributed by atoms with van der Waals surface area (Å²) in [6.45, 7) is 1.99. The van der Waals surface area contributed by atoms with Gasteiger partial charge in [0.05, 0.1) is 33.7 Å². The fraction of sp³-hybridized carbons (Fsp3) is 0.133. The number of aromatic nitrogens is 1. The Morgan fingerprint density at radius 2 is 2.05 bits per heavy atom. The molecular formula is C15H14BrN3OS. The molecule has 1 heterocycles. The van der Waals surface area contributed by atoms with Crippen LogP contribution in [0.15, 0.2) is 34.8 Å². The molecule has 21 heavy (non-hydrogen) atoms. The third-order valence-corrected chi connectivity index (χ3v) is 4.44. The number of halogens is 1. The van der Waals surface area contributed by atoms with Crippen molar-refractivity contribution in [3.8, 4) is 5.75 Å². The number of fused-ring (bicyclic) bond motifs is 1. The van der Waals surface area contributed by atoms with Gasteiger partial charge in [0.1, 0.15) is 5.75 Å². The molecule has 0 unspecified atom stereocenters. The molecule has 0 radical (unpaired) electrons. The molecule has 108 valence electrons. The van der Waals surface area contributed by atoms with Crippen molar-refractivity contribution in [2.24, 2.45) is 0 Å². The second-order valence-electron chi connectivity index (χ2n) is 4.64. The molecule has 0 spiro atoms.